The van der Waals surface area contributed by atoms with Gasteiger partial charge in [0.05, 0.1) is 9.16 Å². The zero-order valence-corrected chi connectivity index (χ0v) is 16.7. The topological polar surface area (TPSA) is 0 Å². The molecule has 0 bridgehead atoms. The van der Waals surface area contributed by atoms with Gasteiger partial charge in [0.15, 0.2) is 0 Å². The van der Waals surface area contributed by atoms with E-state index in [0.29, 0.717) is 0 Å². The third kappa shape index (κ3) is 3.48. The highest BCUT2D eigenvalue weighted by molar-refractivity contribution is 14.1. The Hall–Kier alpha value is 1.38. The van der Waals surface area contributed by atoms with Crippen LogP contribution in [0.25, 0.3) is 0 Å². The summed E-state index contributed by atoms with van der Waals surface area (Å²) in [6, 6.07) is 8.21. The first-order valence-electron chi connectivity index (χ1n) is 4.53. The van der Waals surface area contributed by atoms with Crippen LogP contribution in [0.4, 0.5) is 0 Å². The second-order valence-electron chi connectivity index (χ2n) is 3.30. The Balaban J connectivity index is 2.42. The van der Waals surface area contributed by atoms with Crippen molar-refractivity contribution in [1.29, 1.82) is 0 Å². The van der Waals surface area contributed by atoms with E-state index in [9.17, 15) is 0 Å². The molecule has 0 nitrogen and oxygen atoms in total. The zero-order valence-electron chi connectivity index (χ0n) is 8.18. The van der Waals surface area contributed by atoms with Crippen LogP contribution in [0.5, 0.6) is 0 Å². The standard InChI is InChI=1S/C11H5Br3ClIS/c12-5-1-2-8(16)6(3-5)10(15)9-4-7(13)11(14)17-9/h1-4,10H. The minimum atomic E-state index is -0.119. The zero-order chi connectivity index (χ0) is 12.6. The summed E-state index contributed by atoms with van der Waals surface area (Å²) in [7, 11) is 0. The molecule has 1 atom stereocenters. The Morgan fingerprint density at radius 3 is 2.47 bits per heavy atom. The number of hydrogen-bond acceptors (Lipinski definition) is 1. The molecule has 90 valence electrons. The highest BCUT2D eigenvalue weighted by Gasteiger charge is 2.18. The first-order chi connectivity index (χ1) is 7.99. The molecule has 0 aliphatic heterocycles. The van der Waals surface area contributed by atoms with Crippen LogP contribution >= 0.6 is 93.3 Å². The molecule has 0 N–H and O–H groups in total. The number of alkyl halides is 1. The molecular weight excluding hydrogens is 566 g/mol. The van der Waals surface area contributed by atoms with Gasteiger partial charge in [-0.2, -0.15) is 0 Å². The van der Waals surface area contributed by atoms with Gasteiger partial charge in [-0.1, -0.05) is 15.9 Å². The molecule has 0 saturated carbocycles. The Morgan fingerprint density at radius 2 is 1.88 bits per heavy atom. The van der Waals surface area contributed by atoms with Crippen molar-refractivity contribution in [2.45, 2.75) is 5.38 Å². The van der Waals surface area contributed by atoms with Crippen molar-refractivity contribution in [3.63, 3.8) is 0 Å². The summed E-state index contributed by atoms with van der Waals surface area (Å²) in [5.74, 6) is 0. The van der Waals surface area contributed by atoms with Crippen LogP contribution in [0.15, 0.2) is 37.0 Å². The summed E-state index contributed by atoms with van der Waals surface area (Å²) in [4.78, 5) is 1.13. The Morgan fingerprint density at radius 1 is 1.18 bits per heavy atom. The van der Waals surface area contributed by atoms with Crippen molar-refractivity contribution in [2.24, 2.45) is 0 Å². The van der Waals surface area contributed by atoms with E-state index in [4.69, 9.17) is 11.6 Å². The van der Waals surface area contributed by atoms with Crippen LogP contribution in [0.3, 0.4) is 0 Å². The normalized spacial score (nSPS) is 12.8. The minimum Gasteiger partial charge on any atom is -0.130 e. The van der Waals surface area contributed by atoms with Crippen LogP contribution in [-0.2, 0) is 0 Å². The number of thiophene rings is 1. The first-order valence-corrected chi connectivity index (χ1v) is 9.24. The van der Waals surface area contributed by atoms with Gasteiger partial charge in [-0.25, -0.2) is 0 Å². The fourth-order valence-electron chi connectivity index (χ4n) is 1.35. The summed E-state index contributed by atoms with van der Waals surface area (Å²) in [5, 5.41) is -0.119. The fraction of sp³-hybridized carbons (Fsp3) is 0.0909. The molecule has 1 aromatic heterocycles. The fourth-order valence-corrected chi connectivity index (χ4v) is 5.02. The van der Waals surface area contributed by atoms with Crippen LogP contribution < -0.4 is 0 Å². The molecule has 0 fully saturated rings. The number of hydrogen-bond donors (Lipinski definition) is 0. The first kappa shape index (κ1) is 14.8. The van der Waals surface area contributed by atoms with Gasteiger partial charge in [0, 0.05) is 17.4 Å². The van der Waals surface area contributed by atoms with Crippen LogP contribution in [0, 0.1) is 3.57 Å². The largest absolute Gasteiger partial charge is 0.130 e. The van der Waals surface area contributed by atoms with E-state index in [1.54, 1.807) is 11.3 Å². The van der Waals surface area contributed by atoms with Crippen molar-refractivity contribution < 1.29 is 0 Å². The van der Waals surface area contributed by atoms with Gasteiger partial charge in [0.1, 0.15) is 0 Å². The summed E-state index contributed by atoms with van der Waals surface area (Å²) < 4.78 is 4.34. The molecule has 1 heterocycles. The molecule has 6 heteroatoms. The third-order valence-corrected chi connectivity index (χ3v) is 7.54. The summed E-state index contributed by atoms with van der Waals surface area (Å²) in [6.45, 7) is 0. The van der Waals surface area contributed by atoms with Gasteiger partial charge >= 0.3 is 0 Å². The summed E-state index contributed by atoms with van der Waals surface area (Å²) >= 11 is 21.0. The molecular formula is C11H5Br3ClIS. The van der Waals surface area contributed by atoms with Crippen molar-refractivity contribution >= 4 is 93.3 Å². The molecule has 0 spiro atoms. The molecule has 17 heavy (non-hydrogen) atoms. The molecule has 0 amide bonds. The van der Waals surface area contributed by atoms with Crippen molar-refractivity contribution in [3.05, 3.63) is 51.0 Å². The van der Waals surface area contributed by atoms with Crippen molar-refractivity contribution in [3.8, 4) is 0 Å². The molecule has 0 radical (unpaired) electrons. The van der Waals surface area contributed by atoms with E-state index in [0.717, 1.165) is 23.2 Å². The van der Waals surface area contributed by atoms with Gasteiger partial charge in [-0.05, 0) is 84.3 Å². The summed E-state index contributed by atoms with van der Waals surface area (Å²) in [6.07, 6.45) is 0. The molecule has 1 unspecified atom stereocenters. The SMILES string of the molecule is ClC(c1cc(Br)c(Br)s1)c1cc(Br)ccc1I. The quantitative estimate of drug-likeness (QED) is 0.270. The minimum absolute atomic E-state index is 0.119. The molecule has 0 saturated heterocycles. The Kier molecular flexibility index (Phi) is 5.41. The maximum Gasteiger partial charge on any atom is 0.0939 e. The number of rotatable bonds is 2. The van der Waals surface area contributed by atoms with Gasteiger partial charge in [-0.3, -0.25) is 0 Å². The molecule has 0 aliphatic carbocycles. The van der Waals surface area contributed by atoms with E-state index >= 15 is 0 Å². The molecule has 2 rings (SSSR count). The lowest BCUT2D eigenvalue weighted by Crippen LogP contribution is -1.93. The Labute approximate surface area is 148 Å². The maximum absolute atomic E-state index is 6.54. The highest BCUT2D eigenvalue weighted by atomic mass is 127. The highest BCUT2D eigenvalue weighted by Crippen LogP contribution is 2.41. The third-order valence-electron chi connectivity index (χ3n) is 2.15. The summed E-state index contributed by atoms with van der Waals surface area (Å²) in [5.41, 5.74) is 1.13. The molecule has 2 aromatic rings. The van der Waals surface area contributed by atoms with Crippen LogP contribution in [-0.4, -0.2) is 0 Å². The smallest absolute Gasteiger partial charge is 0.0939 e. The van der Waals surface area contributed by atoms with Gasteiger partial charge in [0.2, 0.25) is 0 Å². The van der Waals surface area contributed by atoms with Crippen molar-refractivity contribution in [1.82, 2.24) is 0 Å². The second-order valence-corrected chi connectivity index (χ2v) is 9.07. The monoisotopic (exact) mass is 568 g/mol. The van der Waals surface area contributed by atoms with E-state index in [-0.39, 0.29) is 5.38 Å². The van der Waals surface area contributed by atoms with Crippen molar-refractivity contribution in [2.75, 3.05) is 0 Å². The van der Waals surface area contributed by atoms with E-state index in [2.05, 4.69) is 88.6 Å². The average molecular weight is 571 g/mol. The second kappa shape index (κ2) is 6.22. The number of benzene rings is 1. The van der Waals surface area contributed by atoms with Crippen LogP contribution in [0.2, 0.25) is 0 Å². The number of halogens is 5. The Bertz CT molecular complexity index is 536. The average Bonchev–Trinajstić information content (AvgIpc) is 2.62. The van der Waals surface area contributed by atoms with E-state index in [1.807, 2.05) is 6.07 Å². The lowest BCUT2D eigenvalue weighted by Gasteiger charge is -2.10. The molecule has 1 aromatic carbocycles. The predicted octanol–water partition coefficient (Wildman–Crippen LogP) is 6.97. The maximum atomic E-state index is 6.54. The van der Waals surface area contributed by atoms with E-state index < -0.39 is 0 Å². The van der Waals surface area contributed by atoms with E-state index in [1.165, 1.54) is 3.57 Å². The van der Waals surface area contributed by atoms with Gasteiger partial charge in [0.25, 0.3) is 0 Å². The lowest BCUT2D eigenvalue weighted by atomic mass is 10.1. The lowest BCUT2D eigenvalue weighted by molar-refractivity contribution is 1.16. The predicted molar refractivity (Wildman–Crippen MR) is 94.3 cm³/mol. The van der Waals surface area contributed by atoms with Gasteiger partial charge < -0.3 is 0 Å². The molecule has 0 aliphatic rings. The van der Waals surface area contributed by atoms with Gasteiger partial charge in [-0.15, -0.1) is 22.9 Å². The van der Waals surface area contributed by atoms with Crippen LogP contribution in [0.1, 0.15) is 15.8 Å².